The van der Waals surface area contributed by atoms with Crippen LogP contribution in [0.1, 0.15) is 42.5 Å². The zero-order valence-corrected chi connectivity index (χ0v) is 17.2. The van der Waals surface area contributed by atoms with Crippen molar-refractivity contribution >= 4 is 17.8 Å². The Bertz CT molecular complexity index is 786. The molecule has 2 aliphatic rings. The number of hydrogen-bond acceptors (Lipinski definition) is 4. The molecule has 0 atom stereocenters. The number of urea groups is 1. The Morgan fingerprint density at radius 1 is 1.00 bits per heavy atom. The first kappa shape index (κ1) is 22.0. The molecule has 2 N–H and O–H groups in total. The summed E-state index contributed by atoms with van der Waals surface area (Å²) < 4.78 is 13.0. The highest BCUT2D eigenvalue weighted by atomic mass is 19.1. The number of benzene rings is 1. The molecule has 1 fully saturated rings. The summed E-state index contributed by atoms with van der Waals surface area (Å²) in [5.74, 6) is -0.883. The second kappa shape index (κ2) is 10.9. The molecule has 1 aliphatic heterocycles. The minimum atomic E-state index is -0.471. The lowest BCUT2D eigenvalue weighted by atomic mass is 9.97. The van der Waals surface area contributed by atoms with Crippen molar-refractivity contribution < 1.29 is 18.8 Å². The van der Waals surface area contributed by atoms with Crippen LogP contribution in [0.25, 0.3) is 0 Å². The van der Waals surface area contributed by atoms with Gasteiger partial charge < -0.3 is 10.2 Å². The summed E-state index contributed by atoms with van der Waals surface area (Å²) in [6, 6.07) is 5.01. The number of carbonyl (C=O) groups excluding carboxylic acids is 3. The molecule has 0 spiro atoms. The number of nitrogens with zero attached hydrogens (tertiary/aromatic N) is 2. The lowest BCUT2D eigenvalue weighted by Crippen LogP contribution is -2.52. The van der Waals surface area contributed by atoms with Gasteiger partial charge in [-0.3, -0.25) is 19.8 Å². The highest BCUT2D eigenvalue weighted by molar-refractivity contribution is 5.95. The van der Waals surface area contributed by atoms with E-state index in [1.807, 2.05) is 4.90 Å². The van der Waals surface area contributed by atoms with E-state index in [9.17, 15) is 18.8 Å². The first-order valence-electron chi connectivity index (χ1n) is 10.5. The Labute approximate surface area is 176 Å². The van der Waals surface area contributed by atoms with Gasteiger partial charge in [-0.1, -0.05) is 11.6 Å². The molecule has 3 rings (SSSR count). The number of nitrogens with one attached hydrogen (secondary N) is 2. The Morgan fingerprint density at radius 3 is 2.40 bits per heavy atom. The van der Waals surface area contributed by atoms with E-state index in [0.29, 0.717) is 38.3 Å². The summed E-state index contributed by atoms with van der Waals surface area (Å²) in [5.41, 5.74) is 1.82. The van der Waals surface area contributed by atoms with Crippen LogP contribution in [0.3, 0.4) is 0 Å². The molecule has 1 aromatic carbocycles. The van der Waals surface area contributed by atoms with Crippen molar-refractivity contribution in [2.45, 2.75) is 32.1 Å². The van der Waals surface area contributed by atoms with Crippen molar-refractivity contribution in [1.82, 2.24) is 20.4 Å². The summed E-state index contributed by atoms with van der Waals surface area (Å²) >= 11 is 0. The van der Waals surface area contributed by atoms with E-state index in [2.05, 4.69) is 16.7 Å². The maximum absolute atomic E-state index is 13.0. The van der Waals surface area contributed by atoms with Crippen LogP contribution in [0.2, 0.25) is 0 Å². The van der Waals surface area contributed by atoms with Crippen LogP contribution in [0.4, 0.5) is 9.18 Å². The van der Waals surface area contributed by atoms with E-state index in [-0.39, 0.29) is 24.2 Å². The van der Waals surface area contributed by atoms with E-state index in [1.54, 1.807) is 4.90 Å². The third-order valence-electron chi connectivity index (χ3n) is 5.49. The van der Waals surface area contributed by atoms with Crippen LogP contribution in [0.5, 0.6) is 0 Å². The number of imide groups is 1. The molecule has 162 valence electrons. The Balaban J connectivity index is 1.33. The van der Waals surface area contributed by atoms with E-state index in [1.165, 1.54) is 42.7 Å². The Kier molecular flexibility index (Phi) is 7.96. The standard InChI is InChI=1S/C22H29FN4O3/c23-19-8-6-18(7-9-19)21(29)27-14-12-26(13-15-27)16-20(28)25-22(30)24-11-10-17-4-2-1-3-5-17/h4,6-9H,1-3,5,10-16H2,(H2,24,25,28,30). The molecule has 4 amide bonds. The Hall–Kier alpha value is -2.74. The third-order valence-corrected chi connectivity index (χ3v) is 5.49. The van der Waals surface area contributed by atoms with Gasteiger partial charge in [0, 0.05) is 38.3 Å². The van der Waals surface area contributed by atoms with E-state index in [0.717, 1.165) is 19.3 Å². The predicted molar refractivity (Wildman–Crippen MR) is 111 cm³/mol. The zero-order chi connectivity index (χ0) is 21.3. The van der Waals surface area contributed by atoms with Crippen LogP contribution in [0.15, 0.2) is 35.9 Å². The van der Waals surface area contributed by atoms with Gasteiger partial charge in [-0.15, -0.1) is 0 Å². The fraction of sp³-hybridized carbons (Fsp3) is 0.500. The number of halogens is 1. The molecular weight excluding hydrogens is 387 g/mol. The summed E-state index contributed by atoms with van der Waals surface area (Å²) in [6.07, 6.45) is 7.72. The van der Waals surface area contributed by atoms with Crippen molar-refractivity contribution in [1.29, 1.82) is 0 Å². The van der Waals surface area contributed by atoms with Gasteiger partial charge in [-0.05, 0) is 56.4 Å². The molecule has 0 aromatic heterocycles. The molecule has 1 aromatic rings. The van der Waals surface area contributed by atoms with Crippen molar-refractivity contribution in [3.63, 3.8) is 0 Å². The van der Waals surface area contributed by atoms with Gasteiger partial charge in [0.15, 0.2) is 0 Å². The average molecular weight is 416 g/mol. The monoisotopic (exact) mass is 416 g/mol. The normalized spacial score (nSPS) is 17.2. The molecule has 1 aliphatic carbocycles. The summed E-state index contributed by atoms with van der Waals surface area (Å²) in [5, 5.41) is 5.10. The molecule has 7 nitrogen and oxygen atoms in total. The largest absolute Gasteiger partial charge is 0.337 e. The van der Waals surface area contributed by atoms with Gasteiger partial charge in [0.2, 0.25) is 5.91 Å². The lowest BCUT2D eigenvalue weighted by molar-refractivity contribution is -0.121. The van der Waals surface area contributed by atoms with E-state index < -0.39 is 6.03 Å². The van der Waals surface area contributed by atoms with Crippen molar-refractivity contribution in [2.75, 3.05) is 39.3 Å². The van der Waals surface area contributed by atoms with Crippen LogP contribution >= 0.6 is 0 Å². The molecule has 0 radical (unpaired) electrons. The maximum Gasteiger partial charge on any atom is 0.321 e. The van der Waals surface area contributed by atoms with Gasteiger partial charge in [0.1, 0.15) is 5.82 Å². The maximum atomic E-state index is 13.0. The molecule has 1 heterocycles. The van der Waals surface area contributed by atoms with Gasteiger partial charge in [0.05, 0.1) is 6.54 Å². The molecule has 0 unspecified atom stereocenters. The van der Waals surface area contributed by atoms with Crippen LogP contribution in [-0.2, 0) is 4.79 Å². The fourth-order valence-corrected chi connectivity index (χ4v) is 3.77. The molecule has 0 saturated carbocycles. The van der Waals surface area contributed by atoms with Crippen LogP contribution in [-0.4, -0.2) is 66.9 Å². The highest BCUT2D eigenvalue weighted by Crippen LogP contribution is 2.19. The topological polar surface area (TPSA) is 81.8 Å². The molecule has 0 bridgehead atoms. The lowest BCUT2D eigenvalue weighted by Gasteiger charge is -2.34. The zero-order valence-electron chi connectivity index (χ0n) is 17.2. The fourth-order valence-electron chi connectivity index (χ4n) is 3.77. The molecule has 1 saturated heterocycles. The summed E-state index contributed by atoms with van der Waals surface area (Å²) in [6.45, 7) is 2.66. The van der Waals surface area contributed by atoms with E-state index >= 15 is 0 Å². The number of piperazine rings is 1. The van der Waals surface area contributed by atoms with Crippen molar-refractivity contribution in [2.24, 2.45) is 0 Å². The first-order chi connectivity index (χ1) is 14.5. The highest BCUT2D eigenvalue weighted by Gasteiger charge is 2.23. The van der Waals surface area contributed by atoms with Gasteiger partial charge in [-0.25, -0.2) is 9.18 Å². The first-order valence-corrected chi connectivity index (χ1v) is 10.5. The van der Waals surface area contributed by atoms with E-state index in [4.69, 9.17) is 0 Å². The molecular formula is C22H29FN4O3. The van der Waals surface area contributed by atoms with Crippen molar-refractivity contribution in [3.05, 3.63) is 47.3 Å². The Morgan fingerprint density at radius 2 is 1.73 bits per heavy atom. The number of allylic oxidation sites excluding steroid dienone is 1. The average Bonchev–Trinajstić information content (AvgIpc) is 2.75. The third kappa shape index (κ3) is 6.66. The summed E-state index contributed by atoms with van der Waals surface area (Å²) in [4.78, 5) is 40.1. The summed E-state index contributed by atoms with van der Waals surface area (Å²) in [7, 11) is 0. The van der Waals surface area contributed by atoms with Crippen LogP contribution < -0.4 is 10.6 Å². The van der Waals surface area contributed by atoms with Gasteiger partial charge in [-0.2, -0.15) is 0 Å². The number of amides is 4. The number of rotatable bonds is 6. The quantitative estimate of drug-likeness (QED) is 0.698. The SMILES string of the molecule is O=C(CN1CCN(C(=O)c2ccc(F)cc2)CC1)NC(=O)NCCC1=CCCCC1. The molecule has 8 heteroatoms. The second-order valence-electron chi connectivity index (χ2n) is 7.74. The van der Waals surface area contributed by atoms with Crippen LogP contribution in [0, 0.1) is 5.82 Å². The number of carbonyl (C=O) groups is 3. The smallest absolute Gasteiger partial charge is 0.321 e. The number of hydrogen-bond donors (Lipinski definition) is 2. The molecule has 30 heavy (non-hydrogen) atoms. The minimum Gasteiger partial charge on any atom is -0.337 e. The minimum absolute atomic E-state index is 0.108. The van der Waals surface area contributed by atoms with Gasteiger partial charge >= 0.3 is 6.03 Å². The second-order valence-corrected chi connectivity index (χ2v) is 7.74. The predicted octanol–water partition coefficient (Wildman–Crippen LogP) is 2.30. The van der Waals surface area contributed by atoms with Crippen molar-refractivity contribution in [3.8, 4) is 0 Å². The van der Waals surface area contributed by atoms with Gasteiger partial charge in [0.25, 0.3) is 5.91 Å².